The number of hydrogen-bond acceptors (Lipinski definition) is 0. The van der Waals surface area contributed by atoms with E-state index in [1.165, 1.54) is 0 Å². The Kier molecular flexibility index (Phi) is 1020. The van der Waals surface area contributed by atoms with Gasteiger partial charge in [-0.1, -0.05) is 0 Å². The summed E-state index contributed by atoms with van der Waals surface area (Å²) in [5.74, 6) is 0. The second-order valence-electron chi connectivity index (χ2n) is 0. The van der Waals surface area contributed by atoms with Crippen molar-refractivity contribution in [1.82, 2.24) is 0 Å². The molecule has 4 nitrogen and oxygen atoms in total. The minimum absolute atomic E-state index is 0. The Hall–Kier alpha value is 2.70. The number of hydrogen-bond donors (Lipinski definition) is 0. The molecular weight excluding hydrogens is 243 g/mol. The average Bonchev–Trinajstić information content (AvgIpc) is 0. The first-order chi connectivity index (χ1) is 0. The molecule has 0 amide bonds. The van der Waals surface area contributed by atoms with Crippen LogP contribution in [0, 0.1) is 0 Å². The molecule has 0 aliphatic rings. The van der Waals surface area contributed by atoms with Crippen LogP contribution >= 0.6 is 0 Å². The van der Waals surface area contributed by atoms with Gasteiger partial charge in [-0.25, -0.2) is 0 Å². The molecule has 0 unspecified atom stereocenters. The van der Waals surface area contributed by atoms with Gasteiger partial charge in [-0.2, -0.15) is 0 Å². The van der Waals surface area contributed by atoms with E-state index in [2.05, 4.69) is 0 Å². The molecule has 0 radical (unpaired) electrons. The summed E-state index contributed by atoms with van der Waals surface area (Å²) in [5.41, 5.74) is 0. The van der Waals surface area contributed by atoms with Crippen LogP contribution in [0.2, 0.25) is 0 Å². The van der Waals surface area contributed by atoms with Crippen LogP contribution in [-0.2, 0) is 47.9 Å². The molecule has 0 aliphatic heterocycles. The summed E-state index contributed by atoms with van der Waals surface area (Å²) < 4.78 is 0. The Bertz CT molecular complexity index is 18.5. The van der Waals surface area contributed by atoms with Crippen LogP contribution in [0.4, 0.5) is 0 Å². The Morgan fingerprint density at radius 3 is 0.714 bits per heavy atom. The van der Waals surface area contributed by atoms with Gasteiger partial charge in [-0.05, 0) is 0 Å². The van der Waals surface area contributed by atoms with E-state index in [1.807, 2.05) is 0 Å². The van der Waals surface area contributed by atoms with Gasteiger partial charge >= 0.3 is 37.7 Å². The van der Waals surface area contributed by atoms with E-state index < -0.39 is 0 Å². The van der Waals surface area contributed by atoms with E-state index in [4.69, 9.17) is 0 Å². The van der Waals surface area contributed by atoms with Crippen molar-refractivity contribution in [3.8, 4) is 0 Å². The van der Waals surface area contributed by atoms with Crippen LogP contribution in [0.5, 0.6) is 0 Å². The molecule has 0 aromatic carbocycles. The second kappa shape index (κ2) is 70.8. The fraction of sp³-hybridized carbons (Fsp3) is 0. The minimum atomic E-state index is 0. The van der Waals surface area contributed by atoms with Crippen LogP contribution < -0.4 is 0 Å². The van der Waals surface area contributed by atoms with Gasteiger partial charge in [0.1, 0.15) is 0 Å². The Morgan fingerprint density at radius 1 is 0.714 bits per heavy atom. The molecule has 0 rings (SSSR count). The van der Waals surface area contributed by atoms with Crippen molar-refractivity contribution in [2.75, 3.05) is 0 Å². The van der Waals surface area contributed by atoms with Gasteiger partial charge in [-0.3, -0.25) is 0 Å². The van der Waals surface area contributed by atoms with Gasteiger partial charge in [0.05, 0.1) is 0 Å². The summed E-state index contributed by atoms with van der Waals surface area (Å²) in [6.07, 6.45) is 0. The summed E-state index contributed by atoms with van der Waals surface area (Å²) in [5, 5.41) is 0. The zero-order valence-corrected chi connectivity index (χ0v) is 9.94. The van der Waals surface area contributed by atoms with Gasteiger partial charge in [-0.15, -0.1) is 0 Å². The minimum Gasteiger partial charge on any atom is -1.00 e. The molecule has 0 aromatic rings. The topological polar surface area (TPSA) is 126 Å². The van der Waals surface area contributed by atoms with E-state index >= 15 is 0 Å². The average molecular weight is 253 g/mol. The molecule has 0 saturated heterocycles. The van der Waals surface area contributed by atoms with Crippen LogP contribution in [0.15, 0.2) is 0 Å². The summed E-state index contributed by atoms with van der Waals surface area (Å²) >= 11 is 0. The van der Waals surface area contributed by atoms with Crippen LogP contribution in [-0.4, -0.2) is 59.6 Å². The molecule has 0 heterocycles. The zero-order chi connectivity index (χ0) is 0. The maximum absolute atomic E-state index is 0. The monoisotopic (exact) mass is 252 g/mol. The Balaban J connectivity index is 0. The number of rotatable bonds is 0. The normalized spacial score (nSPS) is 0. The molecular formula is H10CaO4TiZr. The third-order valence-electron chi connectivity index (χ3n) is 0. The molecule has 0 saturated carbocycles. The van der Waals surface area contributed by atoms with E-state index in [9.17, 15) is 0 Å². The molecule has 0 spiro atoms. The van der Waals surface area contributed by atoms with Crippen molar-refractivity contribution < 1.29 is 72.7 Å². The molecule has 0 bridgehead atoms. The zero-order valence-electron chi connectivity index (χ0n) is 5.71. The van der Waals surface area contributed by atoms with Crippen LogP contribution in [0.1, 0.15) is 2.85 Å². The van der Waals surface area contributed by atoms with E-state index in [-0.39, 0.29) is 110 Å². The fourth-order valence-electron chi connectivity index (χ4n) is 0. The van der Waals surface area contributed by atoms with Gasteiger partial charge in [0.15, 0.2) is 0 Å². The van der Waals surface area contributed by atoms with Crippen LogP contribution in [0.3, 0.4) is 0 Å². The SMILES string of the molecule is O.O.O.O.[Ca+2].[H-].[H-].[Ti].[Zr]. The summed E-state index contributed by atoms with van der Waals surface area (Å²) in [4.78, 5) is 0. The van der Waals surface area contributed by atoms with E-state index in [0.29, 0.717) is 0 Å². The predicted octanol–water partition coefficient (Wildman–Crippen LogP) is -3.46. The molecule has 0 fully saturated rings. The standard InChI is InChI=1S/Ca.4H2O.Ti.Zr.2H/h;4*1H2;;;;/q+2;;;;;;;2*-1. The molecule has 0 aromatic heterocycles. The largest absolute Gasteiger partial charge is 2.00 e. The van der Waals surface area contributed by atoms with Crippen molar-refractivity contribution in [2.45, 2.75) is 0 Å². The Morgan fingerprint density at radius 2 is 0.714 bits per heavy atom. The molecule has 7 heavy (non-hydrogen) atoms. The first-order valence-corrected chi connectivity index (χ1v) is 0. The summed E-state index contributed by atoms with van der Waals surface area (Å²) in [6.45, 7) is 0. The molecule has 7 heteroatoms. The van der Waals surface area contributed by atoms with Crippen molar-refractivity contribution in [3.05, 3.63) is 0 Å². The first kappa shape index (κ1) is 101. The first-order valence-electron chi connectivity index (χ1n) is 0. The van der Waals surface area contributed by atoms with Gasteiger partial charge in [0.25, 0.3) is 0 Å². The maximum Gasteiger partial charge on any atom is 2.00 e. The molecule has 0 aliphatic carbocycles. The van der Waals surface area contributed by atoms with Gasteiger partial charge in [0, 0.05) is 47.9 Å². The summed E-state index contributed by atoms with van der Waals surface area (Å²) in [6, 6.07) is 0. The van der Waals surface area contributed by atoms with Crippen molar-refractivity contribution in [1.29, 1.82) is 0 Å². The van der Waals surface area contributed by atoms with Crippen LogP contribution in [0.25, 0.3) is 0 Å². The van der Waals surface area contributed by atoms with Crippen molar-refractivity contribution in [3.63, 3.8) is 0 Å². The molecule has 44 valence electrons. The third kappa shape index (κ3) is 53.6. The van der Waals surface area contributed by atoms with Crippen molar-refractivity contribution >= 4 is 37.7 Å². The second-order valence-corrected chi connectivity index (χ2v) is 0. The maximum atomic E-state index is 0. The van der Waals surface area contributed by atoms with E-state index in [1.54, 1.807) is 0 Å². The van der Waals surface area contributed by atoms with Gasteiger partial charge < -0.3 is 24.8 Å². The quantitative estimate of drug-likeness (QED) is 0.398. The smallest absolute Gasteiger partial charge is 1.00 e. The fourth-order valence-corrected chi connectivity index (χ4v) is 0. The van der Waals surface area contributed by atoms with E-state index in [0.717, 1.165) is 0 Å². The Labute approximate surface area is 109 Å². The van der Waals surface area contributed by atoms with Gasteiger partial charge in [0.2, 0.25) is 0 Å². The molecule has 8 N–H and O–H groups in total. The molecule has 0 atom stereocenters. The predicted molar refractivity (Wildman–Crippen MR) is 22.4 cm³/mol. The third-order valence-corrected chi connectivity index (χ3v) is 0. The summed E-state index contributed by atoms with van der Waals surface area (Å²) in [7, 11) is 0. The van der Waals surface area contributed by atoms with Crippen molar-refractivity contribution in [2.24, 2.45) is 0 Å².